The van der Waals surface area contributed by atoms with E-state index in [1.807, 2.05) is 24.3 Å². The second-order valence-corrected chi connectivity index (χ2v) is 8.40. The summed E-state index contributed by atoms with van der Waals surface area (Å²) in [4.78, 5) is 14.7. The molecule has 0 unspecified atom stereocenters. The number of thiocarbonyl (C=S) groups is 1. The zero-order chi connectivity index (χ0) is 18.0. The molecule has 0 aromatic heterocycles. The number of hydrogen-bond donors (Lipinski definition) is 1. The molecule has 0 bridgehead atoms. The first-order chi connectivity index (χ1) is 12.0. The Morgan fingerprint density at radius 2 is 1.84 bits per heavy atom. The van der Waals surface area contributed by atoms with Gasteiger partial charge in [0.1, 0.15) is 4.32 Å². The minimum absolute atomic E-state index is 0.175. The molecule has 0 spiro atoms. The third kappa shape index (κ3) is 4.20. The Labute approximate surface area is 173 Å². The molecule has 8 heteroatoms. The lowest BCUT2D eigenvalue weighted by Gasteiger charge is -2.17. The smallest absolute Gasteiger partial charge is 0.267 e. The van der Waals surface area contributed by atoms with Crippen molar-refractivity contribution >= 4 is 85.1 Å². The van der Waals surface area contributed by atoms with E-state index in [9.17, 15) is 4.79 Å². The van der Waals surface area contributed by atoms with Crippen molar-refractivity contribution in [2.45, 2.75) is 0 Å². The Morgan fingerprint density at radius 1 is 1.16 bits per heavy atom. The van der Waals surface area contributed by atoms with Crippen LogP contribution in [0.1, 0.15) is 5.56 Å². The van der Waals surface area contributed by atoms with Gasteiger partial charge in [0.05, 0.1) is 11.6 Å². The van der Waals surface area contributed by atoms with Crippen LogP contribution < -0.4 is 5.32 Å². The van der Waals surface area contributed by atoms with Gasteiger partial charge in [0.25, 0.3) is 5.91 Å². The van der Waals surface area contributed by atoms with Gasteiger partial charge in [-0.3, -0.25) is 9.69 Å². The number of rotatable bonds is 4. The summed E-state index contributed by atoms with van der Waals surface area (Å²) >= 11 is 22.4. The molecule has 0 atom stereocenters. The van der Waals surface area contributed by atoms with Crippen LogP contribution in [0.25, 0.3) is 6.08 Å². The van der Waals surface area contributed by atoms with E-state index in [-0.39, 0.29) is 12.6 Å². The van der Waals surface area contributed by atoms with Crippen molar-refractivity contribution in [2.24, 2.45) is 0 Å². The van der Waals surface area contributed by atoms with Crippen molar-refractivity contribution in [2.75, 3.05) is 12.0 Å². The average Bonchev–Trinajstić information content (AvgIpc) is 2.84. The number of hydrogen-bond acceptors (Lipinski definition) is 4. The minimum atomic E-state index is -0.175. The van der Waals surface area contributed by atoms with Crippen LogP contribution >= 0.6 is 63.1 Å². The zero-order valence-corrected chi connectivity index (χ0v) is 17.4. The average molecular weight is 474 g/mol. The Balaban J connectivity index is 1.78. The third-order valence-electron chi connectivity index (χ3n) is 3.45. The third-order valence-corrected chi connectivity index (χ3v) is 6.18. The normalized spacial score (nSPS) is 16.0. The van der Waals surface area contributed by atoms with Crippen LogP contribution in [0.3, 0.4) is 0 Å². The highest BCUT2D eigenvalue weighted by Crippen LogP contribution is 2.35. The lowest BCUT2D eigenvalue weighted by atomic mass is 10.2. The van der Waals surface area contributed by atoms with Crippen molar-refractivity contribution in [3.05, 3.63) is 67.5 Å². The number of amides is 1. The summed E-state index contributed by atoms with van der Waals surface area (Å²) in [5, 5.41) is 4.18. The quantitative estimate of drug-likeness (QED) is 0.434. The summed E-state index contributed by atoms with van der Waals surface area (Å²) in [6, 6.07) is 12.9. The summed E-state index contributed by atoms with van der Waals surface area (Å²) in [7, 11) is 0. The van der Waals surface area contributed by atoms with Gasteiger partial charge in [0, 0.05) is 25.8 Å². The summed E-state index contributed by atoms with van der Waals surface area (Å²) in [5.41, 5.74) is 1.50. The summed E-state index contributed by atoms with van der Waals surface area (Å²) in [5.74, 6) is -0.175. The maximum absolute atomic E-state index is 12.7. The molecule has 1 aliphatic rings. The second kappa shape index (κ2) is 8.10. The Bertz CT molecular complexity index is 868. The largest absolute Gasteiger partial charge is 0.366 e. The van der Waals surface area contributed by atoms with Gasteiger partial charge in [-0.2, -0.15) is 0 Å². The van der Waals surface area contributed by atoms with Crippen molar-refractivity contribution in [1.29, 1.82) is 0 Å². The molecule has 2 aromatic rings. The lowest BCUT2D eigenvalue weighted by Crippen LogP contribution is -2.33. The molecule has 0 aliphatic carbocycles. The number of anilines is 1. The fraction of sp³-hybridized carbons (Fsp3) is 0.0588. The molecule has 1 saturated heterocycles. The van der Waals surface area contributed by atoms with Gasteiger partial charge in [-0.15, -0.1) is 0 Å². The van der Waals surface area contributed by atoms with Crippen LogP contribution in [-0.2, 0) is 4.79 Å². The number of nitrogens with zero attached hydrogens (tertiary/aromatic N) is 1. The zero-order valence-electron chi connectivity index (χ0n) is 12.6. The topological polar surface area (TPSA) is 32.3 Å². The van der Waals surface area contributed by atoms with Gasteiger partial charge >= 0.3 is 0 Å². The number of carbonyl (C=O) groups is 1. The molecular formula is C17H11BrCl2N2OS2. The number of halogens is 3. The van der Waals surface area contributed by atoms with Gasteiger partial charge in [0.15, 0.2) is 0 Å². The highest BCUT2D eigenvalue weighted by atomic mass is 79.9. The van der Waals surface area contributed by atoms with Gasteiger partial charge in [-0.1, -0.05) is 65.4 Å². The van der Waals surface area contributed by atoms with E-state index in [1.54, 1.807) is 24.3 Å². The van der Waals surface area contributed by atoms with Crippen molar-refractivity contribution in [3.8, 4) is 0 Å². The molecule has 2 aromatic carbocycles. The molecule has 1 aliphatic heterocycles. The number of carbonyl (C=O) groups excluding carboxylic acids is 1. The van der Waals surface area contributed by atoms with Gasteiger partial charge in [-0.05, 0) is 46.3 Å². The maximum atomic E-state index is 12.7. The molecule has 1 heterocycles. The number of nitrogens with one attached hydrogen (secondary N) is 1. The van der Waals surface area contributed by atoms with Crippen LogP contribution in [0.2, 0.25) is 10.0 Å². The highest BCUT2D eigenvalue weighted by molar-refractivity contribution is 9.10. The molecule has 0 radical (unpaired) electrons. The van der Waals surface area contributed by atoms with E-state index in [0.29, 0.717) is 24.8 Å². The van der Waals surface area contributed by atoms with Gasteiger partial charge in [0.2, 0.25) is 0 Å². The predicted octanol–water partition coefficient (Wildman–Crippen LogP) is 6.03. The van der Waals surface area contributed by atoms with Crippen molar-refractivity contribution in [1.82, 2.24) is 4.90 Å². The fourth-order valence-electron chi connectivity index (χ4n) is 2.18. The lowest BCUT2D eigenvalue weighted by molar-refractivity contribution is -0.121. The van der Waals surface area contributed by atoms with E-state index in [4.69, 9.17) is 35.4 Å². The molecular weight excluding hydrogens is 463 g/mol. The maximum Gasteiger partial charge on any atom is 0.267 e. The molecule has 128 valence electrons. The summed E-state index contributed by atoms with van der Waals surface area (Å²) in [6.07, 6.45) is 1.68. The SMILES string of the molecule is O=C1/C(=C/c2c(Cl)cccc2Cl)SC(=S)N1CNc1ccccc1Br. The minimum Gasteiger partial charge on any atom is -0.366 e. The van der Waals surface area contributed by atoms with Crippen molar-refractivity contribution in [3.63, 3.8) is 0 Å². The first kappa shape index (κ1) is 18.7. The Morgan fingerprint density at radius 3 is 2.52 bits per heavy atom. The summed E-state index contributed by atoms with van der Waals surface area (Å²) < 4.78 is 1.40. The van der Waals surface area contributed by atoms with Crippen LogP contribution in [0.4, 0.5) is 5.69 Å². The van der Waals surface area contributed by atoms with E-state index in [1.165, 1.54) is 16.7 Å². The van der Waals surface area contributed by atoms with Crippen LogP contribution in [0.15, 0.2) is 51.8 Å². The summed E-state index contributed by atoms with van der Waals surface area (Å²) in [6.45, 7) is 0.279. The second-order valence-electron chi connectivity index (χ2n) is 5.06. The predicted molar refractivity (Wildman–Crippen MR) is 114 cm³/mol. The first-order valence-electron chi connectivity index (χ1n) is 7.15. The van der Waals surface area contributed by atoms with E-state index < -0.39 is 0 Å². The van der Waals surface area contributed by atoms with Gasteiger partial charge < -0.3 is 5.32 Å². The van der Waals surface area contributed by atoms with E-state index in [0.717, 1.165) is 10.2 Å². The molecule has 25 heavy (non-hydrogen) atoms. The Kier molecular flexibility index (Phi) is 6.07. The molecule has 3 nitrogen and oxygen atoms in total. The van der Waals surface area contributed by atoms with Gasteiger partial charge in [-0.25, -0.2) is 0 Å². The number of para-hydroxylation sites is 1. The first-order valence-corrected chi connectivity index (χ1v) is 9.92. The standard InChI is InChI=1S/C17H11BrCl2N2OS2/c18-11-4-1-2-7-14(11)21-9-22-16(23)15(25-17(22)24)8-10-12(19)5-3-6-13(10)20/h1-8,21H,9H2/b15-8-. The molecule has 1 fully saturated rings. The molecule has 1 amide bonds. The van der Waals surface area contributed by atoms with Crippen LogP contribution in [0.5, 0.6) is 0 Å². The van der Waals surface area contributed by atoms with E-state index in [2.05, 4.69) is 21.2 Å². The van der Waals surface area contributed by atoms with E-state index >= 15 is 0 Å². The number of thioether (sulfide) groups is 1. The Hall–Kier alpha value is -1.05. The molecule has 1 N–H and O–H groups in total. The molecule has 3 rings (SSSR count). The number of benzene rings is 2. The monoisotopic (exact) mass is 472 g/mol. The van der Waals surface area contributed by atoms with Crippen LogP contribution in [-0.4, -0.2) is 21.8 Å². The van der Waals surface area contributed by atoms with Crippen molar-refractivity contribution < 1.29 is 4.79 Å². The highest BCUT2D eigenvalue weighted by Gasteiger charge is 2.32. The fourth-order valence-corrected chi connectivity index (χ4v) is 4.35. The molecule has 0 saturated carbocycles. The van der Waals surface area contributed by atoms with Crippen LogP contribution in [0, 0.1) is 0 Å².